The topological polar surface area (TPSA) is 38.3 Å². The predicted octanol–water partition coefficient (Wildman–Crippen LogP) is 3.19. The molecule has 2 heterocycles. The van der Waals surface area contributed by atoms with Gasteiger partial charge in [-0.3, -0.25) is 0 Å². The molecule has 2 aromatic rings. The van der Waals surface area contributed by atoms with Gasteiger partial charge in [0.15, 0.2) is 0 Å². The molecule has 0 aliphatic rings. The number of aryl methyl sites for hydroxylation is 1. The molecule has 0 aromatic carbocycles. The first-order valence-corrected chi connectivity index (χ1v) is 6.17. The monoisotopic (exact) mass is 237 g/mol. The van der Waals surface area contributed by atoms with Crippen molar-refractivity contribution in [3.05, 3.63) is 41.7 Å². The molecular weight excluding hydrogens is 222 g/mol. The zero-order valence-corrected chi connectivity index (χ0v) is 10.3. The highest BCUT2D eigenvalue weighted by Gasteiger charge is 2.05. The van der Waals surface area contributed by atoms with Crippen LogP contribution in [-0.4, -0.2) is 7.05 Å². The van der Waals surface area contributed by atoms with Gasteiger partial charge in [0.25, 0.3) is 0 Å². The van der Waals surface area contributed by atoms with Crippen LogP contribution in [0.2, 0.25) is 0 Å². The number of nitrogens with one attached hydrogen (secondary N) is 1. The Morgan fingerprint density at radius 2 is 2.06 bits per heavy atom. The smallest absolute Gasteiger partial charge is 0.117 e. The van der Waals surface area contributed by atoms with E-state index in [9.17, 15) is 0 Å². The van der Waals surface area contributed by atoms with Crippen molar-refractivity contribution < 1.29 is 8.83 Å². The Balaban J connectivity index is 1.92. The Bertz CT molecular complexity index is 447. The molecule has 0 amide bonds. The van der Waals surface area contributed by atoms with Crippen LogP contribution in [0, 0.1) is 6.92 Å². The van der Waals surface area contributed by atoms with Crippen molar-refractivity contribution in [1.82, 2.24) is 5.32 Å². The maximum atomic E-state index is 5.65. The molecule has 0 radical (unpaired) electrons. The number of thioether (sulfide) groups is 1. The van der Waals surface area contributed by atoms with E-state index in [1.807, 2.05) is 32.2 Å². The largest absolute Gasteiger partial charge is 0.468 e. The first-order chi connectivity index (χ1) is 7.79. The average molecular weight is 237 g/mol. The van der Waals surface area contributed by atoms with Crippen molar-refractivity contribution in [3.8, 4) is 0 Å². The summed E-state index contributed by atoms with van der Waals surface area (Å²) in [5, 5.41) is 3.06. The fourth-order valence-electron chi connectivity index (χ4n) is 1.44. The van der Waals surface area contributed by atoms with Crippen molar-refractivity contribution in [2.75, 3.05) is 7.05 Å². The first-order valence-electron chi connectivity index (χ1n) is 5.18. The predicted molar refractivity (Wildman–Crippen MR) is 64.5 cm³/mol. The van der Waals surface area contributed by atoms with E-state index >= 15 is 0 Å². The molecule has 3 nitrogen and oxygen atoms in total. The second kappa shape index (κ2) is 5.27. The lowest BCUT2D eigenvalue weighted by atomic mass is 10.4. The Labute approximate surface area is 99.2 Å². The van der Waals surface area contributed by atoms with Gasteiger partial charge in [0, 0.05) is 4.90 Å². The molecule has 2 rings (SSSR count). The molecule has 0 saturated carbocycles. The summed E-state index contributed by atoms with van der Waals surface area (Å²) in [5.41, 5.74) is 0. The SMILES string of the molecule is CNCc1ccc(CSc2ccoc2C)o1. The van der Waals surface area contributed by atoms with E-state index in [0.29, 0.717) is 0 Å². The summed E-state index contributed by atoms with van der Waals surface area (Å²) in [4.78, 5) is 1.17. The summed E-state index contributed by atoms with van der Waals surface area (Å²) in [6.45, 7) is 2.74. The number of hydrogen-bond acceptors (Lipinski definition) is 4. The average Bonchev–Trinajstić information content (AvgIpc) is 2.86. The first kappa shape index (κ1) is 11.4. The molecule has 0 fully saturated rings. The van der Waals surface area contributed by atoms with Crippen LogP contribution >= 0.6 is 11.8 Å². The molecule has 2 aromatic heterocycles. The van der Waals surface area contributed by atoms with Crippen molar-refractivity contribution in [2.24, 2.45) is 0 Å². The van der Waals surface area contributed by atoms with Crippen molar-refractivity contribution in [1.29, 1.82) is 0 Å². The van der Waals surface area contributed by atoms with Crippen LogP contribution in [0.15, 0.2) is 38.2 Å². The van der Waals surface area contributed by atoms with E-state index in [0.717, 1.165) is 29.6 Å². The van der Waals surface area contributed by atoms with Gasteiger partial charge in [-0.2, -0.15) is 0 Å². The molecule has 0 spiro atoms. The van der Waals surface area contributed by atoms with Crippen molar-refractivity contribution in [3.63, 3.8) is 0 Å². The lowest BCUT2D eigenvalue weighted by molar-refractivity contribution is 0.469. The summed E-state index contributed by atoms with van der Waals surface area (Å²) < 4.78 is 10.9. The van der Waals surface area contributed by atoms with Crippen LogP contribution < -0.4 is 5.32 Å². The molecule has 0 saturated heterocycles. The molecule has 86 valence electrons. The van der Waals surface area contributed by atoms with E-state index in [1.54, 1.807) is 18.0 Å². The Hall–Kier alpha value is -1.13. The third kappa shape index (κ3) is 2.71. The van der Waals surface area contributed by atoms with Crippen LogP contribution in [0.5, 0.6) is 0 Å². The van der Waals surface area contributed by atoms with Gasteiger partial charge in [-0.05, 0) is 32.2 Å². The second-order valence-corrected chi connectivity index (χ2v) is 4.55. The van der Waals surface area contributed by atoms with Gasteiger partial charge in [-0.1, -0.05) is 0 Å². The number of hydrogen-bond donors (Lipinski definition) is 1. The maximum absolute atomic E-state index is 5.65. The zero-order valence-electron chi connectivity index (χ0n) is 9.45. The summed E-state index contributed by atoms with van der Waals surface area (Å²) in [7, 11) is 1.91. The quantitative estimate of drug-likeness (QED) is 0.810. The Morgan fingerprint density at radius 1 is 1.25 bits per heavy atom. The molecule has 0 atom stereocenters. The summed E-state index contributed by atoms with van der Waals surface area (Å²) >= 11 is 1.73. The van der Waals surface area contributed by atoms with Gasteiger partial charge in [0.1, 0.15) is 17.3 Å². The molecule has 0 aliphatic carbocycles. The normalized spacial score (nSPS) is 10.9. The molecular formula is C12H15NO2S. The van der Waals surface area contributed by atoms with Gasteiger partial charge >= 0.3 is 0 Å². The zero-order chi connectivity index (χ0) is 11.4. The van der Waals surface area contributed by atoms with Crippen LogP contribution in [0.3, 0.4) is 0 Å². The van der Waals surface area contributed by atoms with Gasteiger partial charge in [-0.15, -0.1) is 11.8 Å². The molecule has 0 aliphatic heterocycles. The number of furan rings is 2. The second-order valence-electron chi connectivity index (χ2n) is 3.53. The summed E-state index contributed by atoms with van der Waals surface area (Å²) in [5.74, 6) is 3.77. The van der Waals surface area contributed by atoms with E-state index in [-0.39, 0.29) is 0 Å². The third-order valence-corrected chi connectivity index (χ3v) is 3.41. The molecule has 1 N–H and O–H groups in total. The summed E-state index contributed by atoms with van der Waals surface area (Å²) in [6, 6.07) is 6.02. The fourth-order valence-corrected chi connectivity index (χ4v) is 2.30. The minimum absolute atomic E-state index is 0.773. The van der Waals surface area contributed by atoms with E-state index in [1.165, 1.54) is 4.90 Å². The third-order valence-electron chi connectivity index (χ3n) is 2.25. The lowest BCUT2D eigenvalue weighted by Gasteiger charge is -1.97. The minimum atomic E-state index is 0.773. The standard InChI is InChI=1S/C12H15NO2S/c1-9-12(5-6-14-9)16-8-11-4-3-10(15-11)7-13-2/h3-6,13H,7-8H2,1-2H3. The van der Waals surface area contributed by atoms with Crippen LogP contribution in [0.4, 0.5) is 0 Å². The van der Waals surface area contributed by atoms with Gasteiger partial charge in [-0.25, -0.2) is 0 Å². The van der Waals surface area contributed by atoms with Crippen molar-refractivity contribution >= 4 is 11.8 Å². The van der Waals surface area contributed by atoms with Crippen LogP contribution in [0.25, 0.3) is 0 Å². The maximum Gasteiger partial charge on any atom is 0.117 e. The van der Waals surface area contributed by atoms with Crippen LogP contribution in [0.1, 0.15) is 17.3 Å². The number of rotatable bonds is 5. The molecule has 0 bridgehead atoms. The highest BCUT2D eigenvalue weighted by Crippen LogP contribution is 2.27. The summed E-state index contributed by atoms with van der Waals surface area (Å²) in [6.07, 6.45) is 1.71. The molecule has 4 heteroatoms. The van der Waals surface area contributed by atoms with E-state index in [4.69, 9.17) is 8.83 Å². The van der Waals surface area contributed by atoms with E-state index < -0.39 is 0 Å². The Kier molecular flexibility index (Phi) is 3.74. The fraction of sp³-hybridized carbons (Fsp3) is 0.333. The highest BCUT2D eigenvalue weighted by molar-refractivity contribution is 7.98. The minimum Gasteiger partial charge on any atom is -0.468 e. The highest BCUT2D eigenvalue weighted by atomic mass is 32.2. The lowest BCUT2D eigenvalue weighted by Crippen LogP contribution is -2.03. The molecule has 16 heavy (non-hydrogen) atoms. The van der Waals surface area contributed by atoms with Gasteiger partial charge in [0.05, 0.1) is 18.6 Å². The van der Waals surface area contributed by atoms with Gasteiger partial charge in [0.2, 0.25) is 0 Å². The van der Waals surface area contributed by atoms with E-state index in [2.05, 4.69) is 5.32 Å². The van der Waals surface area contributed by atoms with Gasteiger partial charge < -0.3 is 14.2 Å². The van der Waals surface area contributed by atoms with Crippen LogP contribution in [-0.2, 0) is 12.3 Å². The molecule has 0 unspecified atom stereocenters. The Morgan fingerprint density at radius 3 is 2.75 bits per heavy atom. The van der Waals surface area contributed by atoms with Crippen molar-refractivity contribution in [2.45, 2.75) is 24.1 Å².